The summed E-state index contributed by atoms with van der Waals surface area (Å²) in [5.74, 6) is 0. The number of nitrogens with zero attached hydrogens (tertiary/aromatic N) is 1. The summed E-state index contributed by atoms with van der Waals surface area (Å²) in [5.41, 5.74) is 1.52. The van der Waals surface area contributed by atoms with E-state index in [1.165, 1.54) is 4.57 Å². The van der Waals surface area contributed by atoms with Crippen molar-refractivity contribution in [2.75, 3.05) is 0 Å². The second kappa shape index (κ2) is 5.25. The first-order valence-electron chi connectivity index (χ1n) is 6.24. The van der Waals surface area contributed by atoms with Crippen LogP contribution in [-0.2, 0) is 13.1 Å². The SMILES string of the molecule is CC(C)NCc1cn(CC(F)(F)F)c2ccccc12. The maximum Gasteiger partial charge on any atom is 0.406 e. The Morgan fingerprint density at radius 1 is 1.21 bits per heavy atom. The predicted octanol–water partition coefficient (Wildman–Crippen LogP) is 3.70. The molecule has 0 atom stereocenters. The van der Waals surface area contributed by atoms with Gasteiger partial charge in [0.25, 0.3) is 0 Å². The Labute approximate surface area is 110 Å². The van der Waals surface area contributed by atoms with Crippen LogP contribution in [0, 0.1) is 0 Å². The van der Waals surface area contributed by atoms with Gasteiger partial charge in [-0.1, -0.05) is 32.0 Å². The first-order valence-corrected chi connectivity index (χ1v) is 6.24. The van der Waals surface area contributed by atoms with Crippen molar-refractivity contribution in [3.8, 4) is 0 Å². The van der Waals surface area contributed by atoms with E-state index >= 15 is 0 Å². The lowest BCUT2D eigenvalue weighted by Gasteiger charge is -2.08. The zero-order valence-corrected chi connectivity index (χ0v) is 11.0. The van der Waals surface area contributed by atoms with Crippen LogP contribution in [0.2, 0.25) is 0 Å². The second-order valence-electron chi connectivity index (χ2n) is 4.95. The van der Waals surface area contributed by atoms with E-state index in [1.54, 1.807) is 18.3 Å². The molecule has 2 nitrogen and oxygen atoms in total. The Kier molecular flexibility index (Phi) is 3.85. The molecule has 0 spiro atoms. The van der Waals surface area contributed by atoms with Gasteiger partial charge in [-0.15, -0.1) is 0 Å². The van der Waals surface area contributed by atoms with Crippen LogP contribution in [0.3, 0.4) is 0 Å². The lowest BCUT2D eigenvalue weighted by Crippen LogP contribution is -2.21. The van der Waals surface area contributed by atoms with Crippen LogP contribution >= 0.6 is 0 Å². The van der Waals surface area contributed by atoms with Crippen LogP contribution in [-0.4, -0.2) is 16.8 Å². The monoisotopic (exact) mass is 270 g/mol. The van der Waals surface area contributed by atoms with Crippen molar-refractivity contribution in [3.05, 3.63) is 36.0 Å². The molecule has 0 saturated heterocycles. The van der Waals surface area contributed by atoms with Crippen LogP contribution < -0.4 is 5.32 Å². The van der Waals surface area contributed by atoms with Crippen molar-refractivity contribution in [1.29, 1.82) is 0 Å². The van der Waals surface area contributed by atoms with Gasteiger partial charge in [-0.2, -0.15) is 13.2 Å². The molecule has 104 valence electrons. The number of rotatable bonds is 4. The Hall–Kier alpha value is -1.49. The smallest absolute Gasteiger partial charge is 0.338 e. The highest BCUT2D eigenvalue weighted by atomic mass is 19.4. The summed E-state index contributed by atoms with van der Waals surface area (Å²) in [5, 5.41) is 4.11. The van der Waals surface area contributed by atoms with E-state index in [-0.39, 0.29) is 0 Å². The van der Waals surface area contributed by atoms with Gasteiger partial charge in [-0.05, 0) is 11.6 Å². The summed E-state index contributed by atoms with van der Waals surface area (Å²) >= 11 is 0. The van der Waals surface area contributed by atoms with Gasteiger partial charge < -0.3 is 9.88 Å². The largest absolute Gasteiger partial charge is 0.406 e. The van der Waals surface area contributed by atoms with Crippen molar-refractivity contribution in [1.82, 2.24) is 9.88 Å². The molecule has 19 heavy (non-hydrogen) atoms. The molecule has 0 aliphatic rings. The van der Waals surface area contributed by atoms with E-state index in [4.69, 9.17) is 0 Å². The van der Waals surface area contributed by atoms with Crippen LogP contribution in [0.4, 0.5) is 13.2 Å². The molecule has 1 heterocycles. The number of alkyl halides is 3. The molecule has 0 saturated carbocycles. The van der Waals surface area contributed by atoms with Crippen molar-refractivity contribution >= 4 is 10.9 Å². The fourth-order valence-corrected chi connectivity index (χ4v) is 2.10. The lowest BCUT2D eigenvalue weighted by atomic mass is 10.2. The zero-order valence-electron chi connectivity index (χ0n) is 11.0. The number of aromatic nitrogens is 1. The molecular weight excluding hydrogens is 253 g/mol. The molecule has 1 aromatic heterocycles. The first kappa shape index (κ1) is 13.9. The molecule has 1 aromatic carbocycles. The summed E-state index contributed by atoms with van der Waals surface area (Å²) < 4.78 is 38.9. The lowest BCUT2D eigenvalue weighted by molar-refractivity contribution is -0.139. The van der Waals surface area contributed by atoms with Crippen molar-refractivity contribution in [2.24, 2.45) is 0 Å². The van der Waals surface area contributed by atoms with Crippen molar-refractivity contribution in [2.45, 2.75) is 39.2 Å². The van der Waals surface area contributed by atoms with E-state index in [2.05, 4.69) is 5.32 Å². The summed E-state index contributed by atoms with van der Waals surface area (Å²) in [4.78, 5) is 0. The molecule has 0 aliphatic carbocycles. The first-order chi connectivity index (χ1) is 8.87. The molecule has 1 N–H and O–H groups in total. The van der Waals surface area contributed by atoms with Gasteiger partial charge in [-0.3, -0.25) is 0 Å². The van der Waals surface area contributed by atoms with Gasteiger partial charge in [0.05, 0.1) is 0 Å². The van der Waals surface area contributed by atoms with E-state index in [0.717, 1.165) is 10.9 Å². The normalized spacial score (nSPS) is 12.5. The molecule has 0 bridgehead atoms. The molecule has 0 aliphatic heterocycles. The number of halogens is 3. The summed E-state index contributed by atoms with van der Waals surface area (Å²) in [6, 6.07) is 7.48. The minimum Gasteiger partial charge on any atom is -0.338 e. The number of hydrogen-bond donors (Lipinski definition) is 1. The van der Waals surface area contributed by atoms with Gasteiger partial charge in [0.2, 0.25) is 0 Å². The average Bonchev–Trinajstić information content (AvgIpc) is 2.63. The highest BCUT2D eigenvalue weighted by molar-refractivity contribution is 5.83. The quantitative estimate of drug-likeness (QED) is 0.896. The van der Waals surface area contributed by atoms with Gasteiger partial charge in [0.1, 0.15) is 6.54 Å². The highest BCUT2D eigenvalue weighted by Gasteiger charge is 2.28. The minimum atomic E-state index is -4.20. The summed E-state index contributed by atoms with van der Waals surface area (Å²) in [7, 11) is 0. The number of para-hydroxylation sites is 1. The van der Waals surface area contributed by atoms with E-state index in [9.17, 15) is 13.2 Å². The number of fused-ring (bicyclic) bond motifs is 1. The van der Waals surface area contributed by atoms with Crippen LogP contribution in [0.15, 0.2) is 30.5 Å². The average molecular weight is 270 g/mol. The summed E-state index contributed by atoms with van der Waals surface area (Å²) in [6.07, 6.45) is -2.61. The van der Waals surface area contributed by atoms with Crippen molar-refractivity contribution < 1.29 is 13.2 Å². The van der Waals surface area contributed by atoms with Crippen LogP contribution in [0.25, 0.3) is 10.9 Å². The molecule has 0 fully saturated rings. The maximum absolute atomic E-state index is 12.6. The third kappa shape index (κ3) is 3.50. The molecule has 5 heteroatoms. The Balaban J connectivity index is 2.37. The maximum atomic E-state index is 12.6. The Morgan fingerprint density at radius 2 is 1.89 bits per heavy atom. The Bertz CT molecular complexity index is 555. The zero-order chi connectivity index (χ0) is 14.0. The standard InChI is InChI=1S/C14H17F3N2/c1-10(2)18-7-11-8-19(9-14(15,16)17)13-6-4-3-5-12(11)13/h3-6,8,10,18H,7,9H2,1-2H3. The van der Waals surface area contributed by atoms with E-state index in [0.29, 0.717) is 18.1 Å². The predicted molar refractivity (Wildman–Crippen MR) is 70.0 cm³/mol. The number of nitrogens with one attached hydrogen (secondary N) is 1. The minimum absolute atomic E-state index is 0.296. The number of benzene rings is 1. The highest BCUT2D eigenvalue weighted by Crippen LogP contribution is 2.25. The van der Waals surface area contributed by atoms with Crippen molar-refractivity contribution in [3.63, 3.8) is 0 Å². The molecule has 2 aromatic rings. The fraction of sp³-hybridized carbons (Fsp3) is 0.429. The fourth-order valence-electron chi connectivity index (χ4n) is 2.10. The molecular formula is C14H17F3N2. The second-order valence-corrected chi connectivity index (χ2v) is 4.95. The van der Waals surface area contributed by atoms with Crippen LogP contribution in [0.1, 0.15) is 19.4 Å². The molecule has 0 radical (unpaired) electrons. The van der Waals surface area contributed by atoms with Gasteiger partial charge in [0, 0.05) is 29.7 Å². The van der Waals surface area contributed by atoms with E-state index in [1.807, 2.05) is 26.0 Å². The number of hydrogen-bond acceptors (Lipinski definition) is 1. The van der Waals surface area contributed by atoms with E-state index < -0.39 is 12.7 Å². The molecule has 0 amide bonds. The van der Waals surface area contributed by atoms with Gasteiger partial charge >= 0.3 is 6.18 Å². The molecule has 0 unspecified atom stereocenters. The van der Waals surface area contributed by atoms with Crippen LogP contribution in [0.5, 0.6) is 0 Å². The van der Waals surface area contributed by atoms with Gasteiger partial charge in [-0.25, -0.2) is 0 Å². The summed E-state index contributed by atoms with van der Waals surface area (Å²) in [6.45, 7) is 3.64. The third-order valence-corrected chi connectivity index (χ3v) is 2.92. The Morgan fingerprint density at radius 3 is 2.53 bits per heavy atom. The topological polar surface area (TPSA) is 17.0 Å². The molecule has 2 rings (SSSR count). The third-order valence-electron chi connectivity index (χ3n) is 2.92. The van der Waals surface area contributed by atoms with Gasteiger partial charge in [0.15, 0.2) is 0 Å².